The van der Waals surface area contributed by atoms with E-state index < -0.39 is 5.97 Å². The number of hydrogen-bond donors (Lipinski definition) is 1. The Hall–Kier alpha value is -1.88. The first-order chi connectivity index (χ1) is 11.1. The lowest BCUT2D eigenvalue weighted by Gasteiger charge is -2.26. The summed E-state index contributed by atoms with van der Waals surface area (Å²) in [6.45, 7) is 4.34. The predicted octanol–water partition coefficient (Wildman–Crippen LogP) is 3.40. The smallest absolute Gasteiger partial charge is 0.338 e. The lowest BCUT2D eigenvalue weighted by Crippen LogP contribution is -2.27. The van der Waals surface area contributed by atoms with Crippen LogP contribution in [0, 0.1) is 5.92 Å². The zero-order chi connectivity index (χ0) is 16.7. The molecular weight excluding hydrogens is 294 g/mol. The van der Waals surface area contributed by atoms with Crippen molar-refractivity contribution in [2.75, 3.05) is 18.5 Å². The lowest BCUT2D eigenvalue weighted by atomic mass is 9.89. The van der Waals surface area contributed by atoms with Crippen molar-refractivity contribution in [2.45, 2.75) is 45.6 Å². The molecule has 5 heteroatoms. The number of esters is 1. The SMILES string of the molecule is CCOC(=O)c1cccc(NC(=O)COC2CCCC(C)C2)c1. The van der Waals surface area contributed by atoms with Crippen LogP contribution in [0.5, 0.6) is 0 Å². The summed E-state index contributed by atoms with van der Waals surface area (Å²) in [7, 11) is 0. The van der Waals surface area contributed by atoms with Crippen LogP contribution in [0.4, 0.5) is 5.69 Å². The predicted molar refractivity (Wildman–Crippen MR) is 88.4 cm³/mol. The second-order valence-corrected chi connectivity index (χ2v) is 6.05. The van der Waals surface area contributed by atoms with Gasteiger partial charge in [0.05, 0.1) is 18.3 Å². The van der Waals surface area contributed by atoms with Crippen molar-refractivity contribution in [2.24, 2.45) is 5.92 Å². The summed E-state index contributed by atoms with van der Waals surface area (Å²) in [6.07, 6.45) is 4.62. The molecule has 1 aliphatic rings. The molecule has 0 saturated heterocycles. The van der Waals surface area contributed by atoms with Gasteiger partial charge >= 0.3 is 5.97 Å². The van der Waals surface area contributed by atoms with E-state index in [0.29, 0.717) is 23.8 Å². The summed E-state index contributed by atoms with van der Waals surface area (Å²) in [5.41, 5.74) is 0.993. The molecule has 2 atom stereocenters. The van der Waals surface area contributed by atoms with Gasteiger partial charge in [0.15, 0.2) is 0 Å². The van der Waals surface area contributed by atoms with Crippen molar-refractivity contribution in [3.8, 4) is 0 Å². The summed E-state index contributed by atoms with van der Waals surface area (Å²) in [5, 5.41) is 2.76. The largest absolute Gasteiger partial charge is 0.462 e. The van der Waals surface area contributed by atoms with Gasteiger partial charge in [-0.1, -0.05) is 25.8 Å². The fourth-order valence-corrected chi connectivity index (χ4v) is 2.86. The summed E-state index contributed by atoms with van der Waals surface area (Å²) < 4.78 is 10.6. The van der Waals surface area contributed by atoms with Crippen LogP contribution < -0.4 is 5.32 Å². The van der Waals surface area contributed by atoms with Crippen molar-refractivity contribution in [3.05, 3.63) is 29.8 Å². The Morgan fingerprint density at radius 3 is 2.87 bits per heavy atom. The number of benzene rings is 1. The van der Waals surface area contributed by atoms with E-state index in [1.165, 1.54) is 6.42 Å². The fraction of sp³-hybridized carbons (Fsp3) is 0.556. The summed E-state index contributed by atoms with van der Waals surface area (Å²) in [6, 6.07) is 6.72. The third-order valence-electron chi connectivity index (χ3n) is 4.00. The summed E-state index contributed by atoms with van der Waals surface area (Å²) in [4.78, 5) is 23.7. The zero-order valence-electron chi connectivity index (χ0n) is 13.8. The van der Waals surface area contributed by atoms with Crippen LogP contribution in [0.15, 0.2) is 24.3 Å². The van der Waals surface area contributed by atoms with Gasteiger partial charge in [0.1, 0.15) is 6.61 Å². The summed E-state index contributed by atoms with van der Waals surface area (Å²) >= 11 is 0. The van der Waals surface area contributed by atoms with Crippen molar-refractivity contribution in [1.82, 2.24) is 0 Å². The number of nitrogens with one attached hydrogen (secondary N) is 1. The van der Waals surface area contributed by atoms with Crippen LogP contribution in [0.2, 0.25) is 0 Å². The van der Waals surface area contributed by atoms with Gasteiger partial charge in [-0.3, -0.25) is 4.79 Å². The first-order valence-corrected chi connectivity index (χ1v) is 8.27. The van der Waals surface area contributed by atoms with E-state index in [-0.39, 0.29) is 18.6 Å². The molecule has 0 heterocycles. The third kappa shape index (κ3) is 5.67. The molecule has 1 N–H and O–H groups in total. The first-order valence-electron chi connectivity index (χ1n) is 8.27. The highest BCUT2D eigenvalue weighted by molar-refractivity contribution is 5.95. The molecule has 1 fully saturated rings. The van der Waals surface area contributed by atoms with Crippen LogP contribution in [0.3, 0.4) is 0 Å². The Kier molecular flexibility index (Phi) is 6.59. The molecule has 23 heavy (non-hydrogen) atoms. The monoisotopic (exact) mass is 319 g/mol. The van der Waals surface area contributed by atoms with E-state index in [0.717, 1.165) is 19.3 Å². The fourth-order valence-electron chi connectivity index (χ4n) is 2.86. The molecular formula is C18H25NO4. The quantitative estimate of drug-likeness (QED) is 0.816. The van der Waals surface area contributed by atoms with E-state index in [9.17, 15) is 9.59 Å². The number of amides is 1. The number of rotatable bonds is 6. The maximum Gasteiger partial charge on any atom is 0.338 e. The van der Waals surface area contributed by atoms with Crippen LogP contribution in [-0.4, -0.2) is 31.2 Å². The maximum absolute atomic E-state index is 12.0. The van der Waals surface area contributed by atoms with Crippen molar-refractivity contribution in [1.29, 1.82) is 0 Å². The third-order valence-corrected chi connectivity index (χ3v) is 4.00. The van der Waals surface area contributed by atoms with E-state index in [1.807, 2.05) is 0 Å². The molecule has 2 unspecified atom stereocenters. The van der Waals surface area contributed by atoms with Gasteiger partial charge in [0.2, 0.25) is 5.91 Å². The minimum absolute atomic E-state index is 0.0427. The topological polar surface area (TPSA) is 64.6 Å². The highest BCUT2D eigenvalue weighted by Crippen LogP contribution is 2.25. The van der Waals surface area contributed by atoms with E-state index >= 15 is 0 Å². The highest BCUT2D eigenvalue weighted by atomic mass is 16.5. The number of carbonyl (C=O) groups excluding carboxylic acids is 2. The van der Waals surface area contributed by atoms with E-state index in [2.05, 4.69) is 12.2 Å². The van der Waals surface area contributed by atoms with Crippen LogP contribution >= 0.6 is 0 Å². The minimum atomic E-state index is -0.393. The number of carbonyl (C=O) groups is 2. The Bertz CT molecular complexity index is 544. The molecule has 1 aromatic carbocycles. The van der Waals surface area contributed by atoms with Gasteiger partial charge in [-0.05, 0) is 43.9 Å². The second kappa shape index (κ2) is 8.67. The van der Waals surface area contributed by atoms with Crippen molar-refractivity contribution >= 4 is 17.6 Å². The van der Waals surface area contributed by atoms with Gasteiger partial charge in [-0.25, -0.2) is 4.79 Å². The highest BCUT2D eigenvalue weighted by Gasteiger charge is 2.20. The van der Waals surface area contributed by atoms with Gasteiger partial charge in [0, 0.05) is 5.69 Å². The molecule has 0 aromatic heterocycles. The van der Waals surface area contributed by atoms with Crippen molar-refractivity contribution in [3.63, 3.8) is 0 Å². The zero-order valence-corrected chi connectivity index (χ0v) is 13.8. The molecule has 5 nitrogen and oxygen atoms in total. The van der Waals surface area contributed by atoms with Gasteiger partial charge in [-0.2, -0.15) is 0 Å². The maximum atomic E-state index is 12.0. The average molecular weight is 319 g/mol. The normalized spacial score (nSPS) is 20.8. The minimum Gasteiger partial charge on any atom is -0.462 e. The number of hydrogen-bond acceptors (Lipinski definition) is 4. The summed E-state index contributed by atoms with van der Waals surface area (Å²) in [5.74, 6) is 0.0679. The molecule has 0 aliphatic heterocycles. The Balaban J connectivity index is 1.83. The molecule has 0 bridgehead atoms. The lowest BCUT2D eigenvalue weighted by molar-refractivity contribution is -0.123. The molecule has 1 amide bonds. The van der Waals surface area contributed by atoms with E-state index in [4.69, 9.17) is 9.47 Å². The molecule has 126 valence electrons. The second-order valence-electron chi connectivity index (χ2n) is 6.05. The van der Waals surface area contributed by atoms with Gasteiger partial charge < -0.3 is 14.8 Å². The van der Waals surface area contributed by atoms with Gasteiger partial charge in [0.25, 0.3) is 0 Å². The number of ether oxygens (including phenoxy) is 2. The first kappa shape index (κ1) is 17.5. The Morgan fingerprint density at radius 2 is 2.13 bits per heavy atom. The van der Waals surface area contributed by atoms with Gasteiger partial charge in [-0.15, -0.1) is 0 Å². The Morgan fingerprint density at radius 1 is 1.30 bits per heavy atom. The van der Waals surface area contributed by atoms with Crippen LogP contribution in [0.25, 0.3) is 0 Å². The molecule has 1 saturated carbocycles. The average Bonchev–Trinajstić information content (AvgIpc) is 2.53. The van der Waals surface area contributed by atoms with Crippen LogP contribution in [0.1, 0.15) is 49.9 Å². The standard InChI is InChI=1S/C18H25NO4/c1-3-22-18(21)14-7-5-8-15(11-14)19-17(20)12-23-16-9-4-6-13(2)10-16/h5,7-8,11,13,16H,3-4,6,9-10,12H2,1-2H3,(H,19,20). The molecule has 0 spiro atoms. The molecule has 1 aliphatic carbocycles. The molecule has 0 radical (unpaired) electrons. The van der Waals surface area contributed by atoms with E-state index in [1.54, 1.807) is 31.2 Å². The Labute approximate surface area is 137 Å². The van der Waals surface area contributed by atoms with Crippen LogP contribution in [-0.2, 0) is 14.3 Å². The number of anilines is 1. The molecule has 2 rings (SSSR count). The molecule has 1 aromatic rings. The van der Waals surface area contributed by atoms with Crippen molar-refractivity contribution < 1.29 is 19.1 Å².